The van der Waals surface area contributed by atoms with Crippen LogP contribution in [0.15, 0.2) is 34.9 Å². The fraction of sp³-hybridized carbons (Fsp3) is 0.214. The lowest BCUT2D eigenvalue weighted by Crippen LogP contribution is -2.25. The number of para-hydroxylation sites is 1. The number of halogens is 1. The summed E-state index contributed by atoms with van der Waals surface area (Å²) >= 11 is 4.86. The molecule has 1 atom stereocenters. The van der Waals surface area contributed by atoms with E-state index in [2.05, 4.69) is 31.3 Å². The Hall–Kier alpha value is -1.73. The molecule has 0 aliphatic carbocycles. The van der Waals surface area contributed by atoms with E-state index in [1.54, 1.807) is 10.9 Å². The van der Waals surface area contributed by atoms with E-state index in [-0.39, 0.29) is 5.91 Å². The van der Waals surface area contributed by atoms with Crippen molar-refractivity contribution in [3.63, 3.8) is 0 Å². The molecular formula is C14H13BrN4OS. The molecule has 0 spiro atoms. The van der Waals surface area contributed by atoms with Crippen molar-refractivity contribution in [1.82, 2.24) is 14.8 Å². The van der Waals surface area contributed by atoms with Crippen LogP contribution in [0.25, 0.3) is 10.2 Å². The van der Waals surface area contributed by atoms with Crippen LogP contribution in [0, 0.1) is 6.92 Å². The molecule has 2 aromatic heterocycles. The summed E-state index contributed by atoms with van der Waals surface area (Å²) in [4.78, 5) is 16.7. The van der Waals surface area contributed by atoms with Crippen molar-refractivity contribution in [3.05, 3.63) is 40.6 Å². The van der Waals surface area contributed by atoms with Gasteiger partial charge in [0.2, 0.25) is 0 Å². The van der Waals surface area contributed by atoms with E-state index in [4.69, 9.17) is 0 Å². The van der Waals surface area contributed by atoms with E-state index in [0.717, 1.165) is 20.4 Å². The largest absolute Gasteiger partial charge is 0.300 e. The number of thiazole rings is 1. The number of amides is 1. The fourth-order valence-electron chi connectivity index (χ4n) is 2.04. The molecule has 0 aliphatic heterocycles. The molecule has 1 amide bonds. The third-order valence-electron chi connectivity index (χ3n) is 3.26. The Morgan fingerprint density at radius 2 is 2.19 bits per heavy atom. The molecule has 0 radical (unpaired) electrons. The summed E-state index contributed by atoms with van der Waals surface area (Å²) in [5, 5.41) is 7.68. The molecule has 0 unspecified atom stereocenters. The molecule has 3 aromatic rings. The van der Waals surface area contributed by atoms with Gasteiger partial charge < -0.3 is 5.32 Å². The number of nitrogens with one attached hydrogen (secondary N) is 1. The van der Waals surface area contributed by atoms with Crippen LogP contribution in [-0.4, -0.2) is 20.7 Å². The van der Waals surface area contributed by atoms with Crippen LogP contribution in [0.2, 0.25) is 0 Å². The Bertz CT molecular complexity index is 777. The molecule has 0 saturated heterocycles. The summed E-state index contributed by atoms with van der Waals surface area (Å²) in [6.07, 6.45) is 1.69. The lowest BCUT2D eigenvalue weighted by Gasteiger charge is -2.13. The topological polar surface area (TPSA) is 59.8 Å². The maximum absolute atomic E-state index is 12.3. The number of hydrogen-bond acceptors (Lipinski definition) is 4. The fourth-order valence-corrected chi connectivity index (χ4v) is 3.18. The highest BCUT2D eigenvalue weighted by atomic mass is 79.9. The predicted octanol–water partition coefficient (Wildman–Crippen LogP) is 3.76. The van der Waals surface area contributed by atoms with Gasteiger partial charge in [-0.2, -0.15) is 5.10 Å². The van der Waals surface area contributed by atoms with Gasteiger partial charge in [0, 0.05) is 0 Å². The maximum atomic E-state index is 12.3. The van der Waals surface area contributed by atoms with Crippen molar-refractivity contribution in [2.45, 2.75) is 19.9 Å². The lowest BCUT2D eigenvalue weighted by molar-refractivity contribution is -0.119. The second-order valence-corrected chi connectivity index (χ2v) is 6.56. The highest BCUT2D eigenvalue weighted by molar-refractivity contribution is 9.10. The Morgan fingerprint density at radius 3 is 2.86 bits per heavy atom. The van der Waals surface area contributed by atoms with Gasteiger partial charge in [0.1, 0.15) is 6.04 Å². The smallest absolute Gasteiger partial charge is 0.250 e. The zero-order valence-electron chi connectivity index (χ0n) is 11.5. The predicted molar refractivity (Wildman–Crippen MR) is 87.6 cm³/mol. The van der Waals surface area contributed by atoms with Crippen LogP contribution in [-0.2, 0) is 4.79 Å². The molecule has 1 N–H and O–H groups in total. The second-order valence-electron chi connectivity index (χ2n) is 4.67. The molecule has 0 bridgehead atoms. The first-order valence-electron chi connectivity index (χ1n) is 6.42. The quantitative estimate of drug-likeness (QED) is 0.769. The van der Waals surface area contributed by atoms with Crippen LogP contribution in [0.1, 0.15) is 18.7 Å². The van der Waals surface area contributed by atoms with Crippen molar-refractivity contribution in [3.8, 4) is 0 Å². The normalized spacial score (nSPS) is 12.5. The Morgan fingerprint density at radius 1 is 1.43 bits per heavy atom. The minimum atomic E-state index is -0.400. The first kappa shape index (κ1) is 14.2. The summed E-state index contributed by atoms with van der Waals surface area (Å²) in [5.74, 6) is -0.132. The average Bonchev–Trinajstić information content (AvgIpc) is 3.02. The highest BCUT2D eigenvalue weighted by Gasteiger charge is 2.19. The molecule has 0 aliphatic rings. The molecule has 5 nitrogen and oxygen atoms in total. The van der Waals surface area contributed by atoms with Crippen LogP contribution in [0.4, 0.5) is 5.13 Å². The average molecular weight is 365 g/mol. The molecule has 3 rings (SSSR count). The Balaban J connectivity index is 1.81. The van der Waals surface area contributed by atoms with Crippen molar-refractivity contribution in [2.75, 3.05) is 5.32 Å². The van der Waals surface area contributed by atoms with Crippen LogP contribution in [0.5, 0.6) is 0 Å². The van der Waals surface area contributed by atoms with Crippen LogP contribution in [0.3, 0.4) is 0 Å². The van der Waals surface area contributed by atoms with Crippen LogP contribution >= 0.6 is 27.3 Å². The molecular weight excluding hydrogens is 352 g/mol. The summed E-state index contributed by atoms with van der Waals surface area (Å²) in [6.45, 7) is 3.73. The third-order valence-corrected chi connectivity index (χ3v) is 4.99. The van der Waals surface area contributed by atoms with Gasteiger partial charge in [0.05, 0.1) is 26.6 Å². The van der Waals surface area contributed by atoms with Gasteiger partial charge in [-0.15, -0.1) is 0 Å². The number of anilines is 1. The maximum Gasteiger partial charge on any atom is 0.250 e. The van der Waals surface area contributed by atoms with E-state index >= 15 is 0 Å². The van der Waals surface area contributed by atoms with Gasteiger partial charge in [-0.1, -0.05) is 23.5 Å². The number of hydrogen-bond donors (Lipinski definition) is 1. The number of rotatable bonds is 3. The van der Waals surface area contributed by atoms with Gasteiger partial charge in [0.25, 0.3) is 5.91 Å². The van der Waals surface area contributed by atoms with Gasteiger partial charge >= 0.3 is 0 Å². The molecule has 7 heteroatoms. The first-order valence-corrected chi connectivity index (χ1v) is 8.03. The van der Waals surface area contributed by atoms with E-state index in [1.807, 2.05) is 38.1 Å². The Kier molecular flexibility index (Phi) is 3.77. The Labute approximate surface area is 134 Å². The van der Waals surface area contributed by atoms with Crippen LogP contribution < -0.4 is 5.32 Å². The molecule has 1 aromatic carbocycles. The zero-order chi connectivity index (χ0) is 15.0. The number of carbonyl (C=O) groups is 1. The van der Waals surface area contributed by atoms with E-state index in [1.165, 1.54) is 11.3 Å². The first-order chi connectivity index (χ1) is 10.1. The summed E-state index contributed by atoms with van der Waals surface area (Å²) in [5.41, 5.74) is 1.81. The van der Waals surface area contributed by atoms with Gasteiger partial charge in [-0.05, 0) is 41.9 Å². The van der Waals surface area contributed by atoms with E-state index in [0.29, 0.717) is 5.13 Å². The number of fused-ring (bicyclic) bond motifs is 1. The molecule has 0 fully saturated rings. The minimum absolute atomic E-state index is 0.132. The summed E-state index contributed by atoms with van der Waals surface area (Å²) in [7, 11) is 0. The SMILES string of the molecule is Cc1c(Br)cnn1[C@H](C)C(=O)Nc1nc2ccccc2s1. The van der Waals surface area contributed by atoms with Crippen molar-refractivity contribution in [2.24, 2.45) is 0 Å². The second kappa shape index (κ2) is 5.57. The lowest BCUT2D eigenvalue weighted by atomic mass is 10.3. The molecule has 2 heterocycles. The van der Waals surface area contributed by atoms with Gasteiger partial charge in [-0.3, -0.25) is 9.48 Å². The van der Waals surface area contributed by atoms with E-state index < -0.39 is 6.04 Å². The van der Waals surface area contributed by atoms with Crippen molar-refractivity contribution >= 4 is 48.5 Å². The highest BCUT2D eigenvalue weighted by Crippen LogP contribution is 2.26. The van der Waals surface area contributed by atoms with Gasteiger partial charge in [0.15, 0.2) is 5.13 Å². The minimum Gasteiger partial charge on any atom is -0.300 e. The molecule has 21 heavy (non-hydrogen) atoms. The number of carbonyl (C=O) groups excluding carboxylic acids is 1. The van der Waals surface area contributed by atoms with Gasteiger partial charge in [-0.25, -0.2) is 4.98 Å². The van der Waals surface area contributed by atoms with E-state index in [9.17, 15) is 4.79 Å². The standard InChI is InChI=1S/C14H13BrN4OS/c1-8-10(15)7-16-19(8)9(2)13(20)18-14-17-11-5-3-4-6-12(11)21-14/h3-7,9H,1-2H3,(H,17,18,20)/t9-/m1/s1. The number of benzene rings is 1. The molecule has 0 saturated carbocycles. The monoisotopic (exact) mass is 364 g/mol. The third kappa shape index (κ3) is 2.71. The summed E-state index contributed by atoms with van der Waals surface area (Å²) < 4.78 is 3.63. The summed E-state index contributed by atoms with van der Waals surface area (Å²) in [6, 6.07) is 7.41. The number of nitrogens with zero attached hydrogens (tertiary/aromatic N) is 3. The van der Waals surface area contributed by atoms with Crippen molar-refractivity contribution < 1.29 is 4.79 Å². The molecule has 108 valence electrons. The van der Waals surface area contributed by atoms with Crippen molar-refractivity contribution in [1.29, 1.82) is 0 Å². The zero-order valence-corrected chi connectivity index (χ0v) is 13.9. The number of aromatic nitrogens is 3.